The van der Waals surface area contributed by atoms with Gasteiger partial charge in [0.15, 0.2) is 10.8 Å². The van der Waals surface area contributed by atoms with E-state index in [4.69, 9.17) is 18.9 Å². The van der Waals surface area contributed by atoms with Crippen molar-refractivity contribution < 1.29 is 38.1 Å². The number of rotatable bonds is 13. The molecule has 0 fully saturated rings. The molecule has 1 aliphatic carbocycles. The topological polar surface area (TPSA) is 105 Å². The Hall–Kier alpha value is -2.82. The Kier molecular flexibility index (Phi) is 11.8. The second-order valence-corrected chi connectivity index (χ2v) is 8.01. The highest BCUT2D eigenvalue weighted by atomic mass is 16.6. The van der Waals surface area contributed by atoms with Gasteiger partial charge in [0.1, 0.15) is 0 Å². The molecule has 0 N–H and O–H groups in total. The van der Waals surface area contributed by atoms with Crippen molar-refractivity contribution >= 4 is 23.9 Å². The lowest BCUT2D eigenvalue weighted by Gasteiger charge is -2.36. The van der Waals surface area contributed by atoms with E-state index in [1.54, 1.807) is 46.8 Å². The van der Waals surface area contributed by atoms with Gasteiger partial charge in [-0.25, -0.2) is 0 Å². The number of carbonyl (C=O) groups is 4. The predicted octanol–water partition coefficient (Wildman–Crippen LogP) is 3.62. The predicted molar refractivity (Wildman–Crippen MR) is 125 cm³/mol. The van der Waals surface area contributed by atoms with Crippen molar-refractivity contribution in [1.82, 2.24) is 0 Å². The van der Waals surface area contributed by atoms with Gasteiger partial charge in [0.25, 0.3) is 0 Å². The van der Waals surface area contributed by atoms with Gasteiger partial charge in [-0.2, -0.15) is 0 Å². The summed E-state index contributed by atoms with van der Waals surface area (Å²) in [5.41, 5.74) is -3.31. The Balaban J connectivity index is 3.60. The summed E-state index contributed by atoms with van der Waals surface area (Å²) in [6, 6.07) is 0. The highest BCUT2D eigenvalue weighted by molar-refractivity contribution is 6.02. The highest BCUT2D eigenvalue weighted by Gasteiger charge is 2.60. The first-order valence-corrected chi connectivity index (χ1v) is 12.0. The Bertz CT molecular complexity index is 780. The van der Waals surface area contributed by atoms with Crippen LogP contribution in [0.5, 0.6) is 0 Å². The lowest BCUT2D eigenvalue weighted by molar-refractivity contribution is -0.177. The number of ether oxygens (including phenoxy) is 4. The summed E-state index contributed by atoms with van der Waals surface area (Å²) >= 11 is 0. The number of allylic oxidation sites excluding steroid dienone is 2. The Labute approximate surface area is 202 Å². The smallest absolute Gasteiger partial charge is 0.325 e. The largest absolute Gasteiger partial charge is 0.465 e. The average molecular weight is 479 g/mol. The van der Waals surface area contributed by atoms with Crippen LogP contribution in [-0.2, 0) is 38.1 Å². The number of carbonyl (C=O) groups excluding carboxylic acids is 4. The van der Waals surface area contributed by atoms with Crippen molar-refractivity contribution in [3.05, 3.63) is 12.2 Å². The van der Waals surface area contributed by atoms with Gasteiger partial charge in [-0.15, -0.1) is 11.8 Å². The maximum absolute atomic E-state index is 13.2. The van der Waals surface area contributed by atoms with Gasteiger partial charge in [-0.3, -0.25) is 19.2 Å². The molecule has 0 heterocycles. The van der Waals surface area contributed by atoms with Crippen LogP contribution in [0.4, 0.5) is 0 Å². The van der Waals surface area contributed by atoms with Gasteiger partial charge in [0, 0.05) is 18.3 Å². The van der Waals surface area contributed by atoms with E-state index >= 15 is 0 Å². The number of hydrogen-bond donors (Lipinski definition) is 0. The van der Waals surface area contributed by atoms with E-state index in [0.29, 0.717) is 6.42 Å². The summed E-state index contributed by atoms with van der Waals surface area (Å²) in [6.45, 7) is 10.5. The Morgan fingerprint density at radius 1 is 0.735 bits per heavy atom. The van der Waals surface area contributed by atoms with Crippen LogP contribution in [0.3, 0.4) is 0 Å². The first-order valence-electron chi connectivity index (χ1n) is 12.0. The zero-order valence-corrected chi connectivity index (χ0v) is 21.2. The third-order valence-corrected chi connectivity index (χ3v) is 6.10. The molecule has 0 unspecified atom stereocenters. The second kappa shape index (κ2) is 13.8. The lowest BCUT2D eigenvalue weighted by Crippen LogP contribution is -2.50. The molecule has 0 saturated carbocycles. The molecule has 0 aromatic heterocycles. The maximum Gasteiger partial charge on any atom is 0.325 e. The van der Waals surface area contributed by atoms with Crippen LogP contribution < -0.4 is 0 Å². The Morgan fingerprint density at radius 3 is 1.47 bits per heavy atom. The molecule has 8 nitrogen and oxygen atoms in total. The average Bonchev–Trinajstić information content (AvgIpc) is 3.29. The van der Waals surface area contributed by atoms with Gasteiger partial charge in [0.2, 0.25) is 0 Å². The highest BCUT2D eigenvalue weighted by Crippen LogP contribution is 2.50. The fraction of sp³-hybridized carbons (Fsp3) is 0.692. The maximum atomic E-state index is 13.2. The zero-order chi connectivity index (χ0) is 25.8. The van der Waals surface area contributed by atoms with Crippen LogP contribution in [0.1, 0.15) is 67.2 Å². The molecular weight excluding hydrogens is 440 g/mol. The molecule has 0 aromatic rings. The van der Waals surface area contributed by atoms with E-state index in [9.17, 15) is 19.2 Å². The van der Waals surface area contributed by atoms with Crippen LogP contribution in [0.2, 0.25) is 0 Å². The fourth-order valence-electron chi connectivity index (χ4n) is 4.53. The van der Waals surface area contributed by atoms with Gasteiger partial charge in [-0.1, -0.05) is 25.5 Å². The molecule has 2 atom stereocenters. The van der Waals surface area contributed by atoms with Crippen molar-refractivity contribution in [2.75, 3.05) is 26.4 Å². The molecule has 0 saturated heterocycles. The summed E-state index contributed by atoms with van der Waals surface area (Å²) in [5, 5.41) is 0. The molecular formula is C26H38O8. The van der Waals surface area contributed by atoms with E-state index < -0.39 is 46.5 Å². The normalized spacial score (nSPS) is 17.4. The first kappa shape index (κ1) is 29.2. The van der Waals surface area contributed by atoms with Crippen LogP contribution in [-0.4, -0.2) is 50.3 Å². The van der Waals surface area contributed by atoms with Crippen molar-refractivity contribution in [1.29, 1.82) is 0 Å². The third-order valence-electron chi connectivity index (χ3n) is 6.10. The van der Waals surface area contributed by atoms with E-state index in [-0.39, 0.29) is 45.7 Å². The molecule has 1 rings (SSSR count). The number of esters is 4. The van der Waals surface area contributed by atoms with Crippen molar-refractivity contribution in [2.45, 2.75) is 67.2 Å². The van der Waals surface area contributed by atoms with Crippen LogP contribution in [0.25, 0.3) is 0 Å². The first-order chi connectivity index (χ1) is 16.3. The van der Waals surface area contributed by atoms with Crippen LogP contribution >= 0.6 is 0 Å². The number of hydrogen-bond acceptors (Lipinski definition) is 8. The second-order valence-electron chi connectivity index (χ2n) is 8.01. The van der Waals surface area contributed by atoms with E-state index in [2.05, 4.69) is 11.8 Å². The van der Waals surface area contributed by atoms with Crippen molar-refractivity contribution in [3.8, 4) is 11.8 Å². The minimum Gasteiger partial charge on any atom is -0.465 e. The molecule has 1 aliphatic rings. The van der Waals surface area contributed by atoms with Gasteiger partial charge < -0.3 is 18.9 Å². The summed E-state index contributed by atoms with van der Waals surface area (Å²) < 4.78 is 21.2. The quantitative estimate of drug-likeness (QED) is 0.130. The van der Waals surface area contributed by atoms with E-state index in [1.165, 1.54) is 0 Å². The molecule has 0 aliphatic heterocycles. The molecule has 0 amide bonds. The molecule has 8 heteroatoms. The van der Waals surface area contributed by atoms with Crippen molar-refractivity contribution in [3.63, 3.8) is 0 Å². The van der Waals surface area contributed by atoms with Crippen molar-refractivity contribution in [2.24, 2.45) is 22.7 Å². The summed E-state index contributed by atoms with van der Waals surface area (Å²) in [6.07, 6.45) is 4.17. The lowest BCUT2D eigenvalue weighted by atomic mass is 9.66. The molecule has 0 radical (unpaired) electrons. The fourth-order valence-corrected chi connectivity index (χ4v) is 4.53. The van der Waals surface area contributed by atoms with Gasteiger partial charge >= 0.3 is 23.9 Å². The summed E-state index contributed by atoms with van der Waals surface area (Å²) in [5.74, 6) is 1.42. The summed E-state index contributed by atoms with van der Waals surface area (Å²) in [4.78, 5) is 52.8. The molecule has 0 spiro atoms. The molecule has 0 aromatic carbocycles. The zero-order valence-electron chi connectivity index (χ0n) is 21.2. The summed E-state index contributed by atoms with van der Waals surface area (Å²) in [7, 11) is 0. The van der Waals surface area contributed by atoms with Crippen LogP contribution in [0.15, 0.2) is 12.2 Å². The minimum atomic E-state index is -1.72. The van der Waals surface area contributed by atoms with E-state index in [1.807, 2.05) is 6.92 Å². The minimum absolute atomic E-state index is 0.0742. The van der Waals surface area contributed by atoms with Gasteiger partial charge in [-0.05, 0) is 47.5 Å². The van der Waals surface area contributed by atoms with E-state index in [0.717, 1.165) is 0 Å². The van der Waals surface area contributed by atoms with Gasteiger partial charge in [0.05, 0.1) is 26.4 Å². The monoisotopic (exact) mass is 478 g/mol. The standard InChI is InChI=1S/C26H38O8/c1-7-13-17-26(23(29)33-11-5,24(30)34-12-6)20-15-14-19(18-20)25(16-8-2,21(27)31-9-3)22(28)32-10-4/h14-15,19-20H,8-12,16-18H2,1-6H3/t19-,20+/m1/s1. The molecule has 190 valence electrons. The SMILES string of the molecule is CC#CCC(C(=O)OCC)(C(=O)OCC)[C@H]1C=C[C@@H](C(CCC)(C(=O)OCC)C(=O)OCC)C1. The molecule has 34 heavy (non-hydrogen) atoms. The van der Waals surface area contributed by atoms with Crippen LogP contribution in [0, 0.1) is 34.5 Å². The third kappa shape index (κ3) is 5.81. The molecule has 0 bridgehead atoms. The Morgan fingerprint density at radius 2 is 1.12 bits per heavy atom.